The minimum atomic E-state index is -1.23. The Bertz CT molecular complexity index is 845. The highest BCUT2D eigenvalue weighted by Gasteiger charge is 2.44. The van der Waals surface area contributed by atoms with Crippen LogP contribution in [-0.4, -0.2) is 55.5 Å². The number of primary amides is 1. The molecule has 0 bridgehead atoms. The number of anilines is 1. The fourth-order valence-electron chi connectivity index (χ4n) is 2.78. The zero-order valence-electron chi connectivity index (χ0n) is 12.2. The van der Waals surface area contributed by atoms with Crippen LogP contribution in [0, 0.1) is 0 Å². The molecule has 1 unspecified atom stereocenters. The molecular formula is C12H14N8O4. The summed E-state index contributed by atoms with van der Waals surface area (Å²) in [5, 5.41) is 23.2. The minimum absolute atomic E-state index is 0.0464. The summed E-state index contributed by atoms with van der Waals surface area (Å²) < 4.78 is 6.94. The molecule has 2 aromatic rings. The van der Waals surface area contributed by atoms with E-state index in [1.807, 2.05) is 0 Å². The van der Waals surface area contributed by atoms with Crippen molar-refractivity contribution in [3.8, 4) is 0 Å². The van der Waals surface area contributed by atoms with E-state index in [-0.39, 0.29) is 22.4 Å². The number of nitrogens with zero attached hydrogens (tertiary/aromatic N) is 6. The van der Waals surface area contributed by atoms with Crippen molar-refractivity contribution in [2.24, 2.45) is 10.8 Å². The highest BCUT2D eigenvalue weighted by molar-refractivity contribution is 6.08. The summed E-state index contributed by atoms with van der Waals surface area (Å²) in [6.45, 7) is -0.478. The summed E-state index contributed by atoms with van der Waals surface area (Å²) in [7, 11) is 0. The van der Waals surface area contributed by atoms with Crippen LogP contribution in [-0.2, 0) is 4.74 Å². The molecule has 0 radical (unpaired) electrons. The number of azide groups is 1. The number of ether oxygens (including phenoxy) is 1. The number of hydrogen-bond acceptors (Lipinski definition) is 8. The van der Waals surface area contributed by atoms with Gasteiger partial charge in [0.15, 0.2) is 0 Å². The quantitative estimate of drug-likeness (QED) is 0.313. The van der Waals surface area contributed by atoms with Gasteiger partial charge in [-0.2, -0.15) is 0 Å². The molecule has 1 amide bonds. The molecule has 2 aromatic heterocycles. The molecule has 1 aliphatic rings. The molecule has 0 aromatic carbocycles. The fourth-order valence-corrected chi connectivity index (χ4v) is 2.78. The number of nitrogen functional groups attached to an aromatic ring is 1. The number of carbonyl (C=O) groups excluding carboxylic acids is 1. The molecule has 1 saturated heterocycles. The largest absolute Gasteiger partial charge is 0.394 e. The second kappa shape index (κ2) is 5.94. The van der Waals surface area contributed by atoms with Crippen LogP contribution in [0.5, 0.6) is 0 Å². The third-order valence-electron chi connectivity index (χ3n) is 3.88. The molecule has 6 N–H and O–H groups in total. The lowest BCUT2D eigenvalue weighted by molar-refractivity contribution is -0.0435. The number of hydrogen-bond donors (Lipinski definition) is 4. The first kappa shape index (κ1) is 16.0. The summed E-state index contributed by atoms with van der Waals surface area (Å²) in [4.78, 5) is 22.3. The molecule has 1 fully saturated rings. The van der Waals surface area contributed by atoms with E-state index in [4.69, 9.17) is 21.7 Å². The van der Waals surface area contributed by atoms with E-state index in [0.717, 1.165) is 0 Å². The lowest BCUT2D eigenvalue weighted by atomic mass is 10.1. The Balaban J connectivity index is 2.20. The van der Waals surface area contributed by atoms with Crippen molar-refractivity contribution in [3.05, 3.63) is 28.5 Å². The van der Waals surface area contributed by atoms with E-state index in [2.05, 4.69) is 20.0 Å². The third-order valence-corrected chi connectivity index (χ3v) is 3.88. The molecule has 24 heavy (non-hydrogen) atoms. The highest BCUT2D eigenvalue weighted by atomic mass is 16.5. The zero-order valence-corrected chi connectivity index (χ0v) is 12.2. The Hall–Kier alpha value is -2.92. The maximum absolute atomic E-state index is 11.7. The Labute approximate surface area is 134 Å². The number of aromatic nitrogens is 3. The Morgan fingerprint density at radius 3 is 2.92 bits per heavy atom. The SMILES string of the molecule is [N-]=[N+]=NC1[C@H](n2cc(C(N)=O)c3c(N)ncnc32)O[C@H](CO)[C@H]1O. The maximum Gasteiger partial charge on any atom is 0.251 e. The van der Waals surface area contributed by atoms with Crippen molar-refractivity contribution in [1.82, 2.24) is 14.5 Å². The Morgan fingerprint density at radius 1 is 1.54 bits per heavy atom. The van der Waals surface area contributed by atoms with Crippen molar-refractivity contribution in [3.63, 3.8) is 0 Å². The summed E-state index contributed by atoms with van der Waals surface area (Å²) in [5.41, 5.74) is 20.2. The predicted molar refractivity (Wildman–Crippen MR) is 80.4 cm³/mol. The molecule has 3 heterocycles. The Morgan fingerprint density at radius 2 is 2.29 bits per heavy atom. The normalized spacial score (nSPS) is 26.4. The van der Waals surface area contributed by atoms with Gasteiger partial charge in [-0.1, -0.05) is 5.11 Å². The van der Waals surface area contributed by atoms with E-state index in [0.29, 0.717) is 0 Å². The first-order valence-electron chi connectivity index (χ1n) is 6.89. The van der Waals surface area contributed by atoms with Crippen LogP contribution in [0.2, 0.25) is 0 Å². The molecule has 0 spiro atoms. The van der Waals surface area contributed by atoms with Crippen molar-refractivity contribution in [1.29, 1.82) is 0 Å². The van der Waals surface area contributed by atoms with Gasteiger partial charge in [0.25, 0.3) is 5.91 Å². The average molecular weight is 334 g/mol. The second-order valence-electron chi connectivity index (χ2n) is 5.21. The number of rotatable bonds is 4. The average Bonchev–Trinajstić information content (AvgIpc) is 3.08. The van der Waals surface area contributed by atoms with Crippen molar-refractivity contribution in [2.75, 3.05) is 12.3 Å². The van der Waals surface area contributed by atoms with Gasteiger partial charge in [0, 0.05) is 11.1 Å². The molecular weight excluding hydrogens is 320 g/mol. The molecule has 12 heteroatoms. The summed E-state index contributed by atoms with van der Waals surface area (Å²) in [5.74, 6) is -0.706. The van der Waals surface area contributed by atoms with Gasteiger partial charge < -0.3 is 31.0 Å². The summed E-state index contributed by atoms with van der Waals surface area (Å²) in [6, 6.07) is -1.04. The van der Waals surface area contributed by atoms with Gasteiger partial charge in [-0.15, -0.1) is 0 Å². The zero-order chi connectivity index (χ0) is 17.4. The fraction of sp³-hybridized carbons (Fsp3) is 0.417. The van der Waals surface area contributed by atoms with Gasteiger partial charge in [0.05, 0.1) is 23.7 Å². The number of carbonyl (C=O) groups is 1. The van der Waals surface area contributed by atoms with Gasteiger partial charge in [0.2, 0.25) is 0 Å². The third kappa shape index (κ3) is 2.30. The van der Waals surface area contributed by atoms with Gasteiger partial charge in [-0.25, -0.2) is 9.97 Å². The topological polar surface area (TPSA) is 198 Å². The summed E-state index contributed by atoms with van der Waals surface area (Å²) in [6.07, 6.45) is -0.660. The number of fused-ring (bicyclic) bond motifs is 1. The van der Waals surface area contributed by atoms with Crippen LogP contribution in [0.3, 0.4) is 0 Å². The van der Waals surface area contributed by atoms with Gasteiger partial charge in [-0.3, -0.25) is 4.79 Å². The lowest BCUT2D eigenvalue weighted by Crippen LogP contribution is -2.31. The molecule has 3 rings (SSSR count). The monoisotopic (exact) mass is 334 g/mol. The molecule has 4 atom stereocenters. The Kier molecular flexibility index (Phi) is 3.95. The van der Waals surface area contributed by atoms with Crippen LogP contribution in [0.4, 0.5) is 5.82 Å². The highest BCUT2D eigenvalue weighted by Crippen LogP contribution is 2.36. The van der Waals surface area contributed by atoms with Crippen LogP contribution in [0.25, 0.3) is 21.5 Å². The first-order chi connectivity index (χ1) is 11.5. The minimum Gasteiger partial charge on any atom is -0.394 e. The first-order valence-corrected chi connectivity index (χ1v) is 6.89. The summed E-state index contributed by atoms with van der Waals surface area (Å²) >= 11 is 0. The van der Waals surface area contributed by atoms with Crippen molar-refractivity contribution >= 4 is 22.8 Å². The van der Waals surface area contributed by atoms with E-state index < -0.39 is 37.0 Å². The number of aliphatic hydroxyl groups is 2. The predicted octanol–water partition coefficient (Wildman–Crippen LogP) is -0.958. The van der Waals surface area contributed by atoms with Gasteiger partial charge in [0.1, 0.15) is 36.2 Å². The molecule has 126 valence electrons. The smallest absolute Gasteiger partial charge is 0.251 e. The van der Waals surface area contributed by atoms with Gasteiger partial charge in [-0.05, 0) is 5.53 Å². The molecule has 12 nitrogen and oxygen atoms in total. The molecule has 1 aliphatic heterocycles. The number of aliphatic hydroxyl groups excluding tert-OH is 2. The van der Waals surface area contributed by atoms with E-state index >= 15 is 0 Å². The van der Waals surface area contributed by atoms with Crippen LogP contribution >= 0.6 is 0 Å². The van der Waals surface area contributed by atoms with Gasteiger partial charge >= 0.3 is 0 Å². The number of nitrogens with two attached hydrogens (primary N) is 2. The van der Waals surface area contributed by atoms with Crippen LogP contribution in [0.1, 0.15) is 16.6 Å². The van der Waals surface area contributed by atoms with E-state index in [9.17, 15) is 15.0 Å². The van der Waals surface area contributed by atoms with Crippen molar-refractivity contribution in [2.45, 2.75) is 24.5 Å². The van der Waals surface area contributed by atoms with Crippen LogP contribution < -0.4 is 11.5 Å². The van der Waals surface area contributed by atoms with Crippen LogP contribution in [0.15, 0.2) is 17.6 Å². The number of amides is 1. The maximum atomic E-state index is 11.7. The molecule has 0 aliphatic carbocycles. The second-order valence-corrected chi connectivity index (χ2v) is 5.21. The van der Waals surface area contributed by atoms with E-state index in [1.54, 1.807) is 0 Å². The van der Waals surface area contributed by atoms with Crippen molar-refractivity contribution < 1.29 is 19.7 Å². The standard InChI is InChI=1S/C12H14N8O4/c13-9-6-4(10(14)23)1-20(11(6)17-3-16-9)12-7(18-19-15)8(22)5(2-21)24-12/h1,3,5,7-8,12,21-22H,2H2,(H2,14,23)(H2,13,16,17)/t5-,7?,8-,12-/m1/s1. The lowest BCUT2D eigenvalue weighted by Gasteiger charge is -2.17. The van der Waals surface area contributed by atoms with E-state index in [1.165, 1.54) is 17.1 Å². The molecule has 0 saturated carbocycles.